The van der Waals surface area contributed by atoms with Crippen LogP contribution in [-0.4, -0.2) is 35.9 Å². The number of carbonyl (C=O) groups excluding carboxylic acids is 1. The van der Waals surface area contributed by atoms with E-state index in [4.69, 9.17) is 25.5 Å². The van der Waals surface area contributed by atoms with Crippen molar-refractivity contribution in [2.75, 3.05) is 20.3 Å². The molecule has 158 valence electrons. The summed E-state index contributed by atoms with van der Waals surface area (Å²) in [4.78, 5) is 12.6. The highest BCUT2D eigenvalue weighted by molar-refractivity contribution is 6.30. The molecule has 0 unspecified atom stereocenters. The van der Waals surface area contributed by atoms with Crippen molar-refractivity contribution in [1.82, 2.24) is 15.1 Å². The minimum absolute atomic E-state index is 0.269. The van der Waals surface area contributed by atoms with Crippen LogP contribution in [0.2, 0.25) is 5.02 Å². The number of carbonyl (C=O) groups is 1. The quantitative estimate of drug-likeness (QED) is 0.407. The molecule has 4 aromatic rings. The van der Waals surface area contributed by atoms with Gasteiger partial charge in [-0.1, -0.05) is 11.6 Å². The molecule has 2 aromatic heterocycles. The number of benzene rings is 2. The molecule has 0 aliphatic carbocycles. The third kappa shape index (κ3) is 4.90. The number of halogens is 1. The highest BCUT2D eigenvalue weighted by atomic mass is 35.5. The van der Waals surface area contributed by atoms with E-state index in [0.29, 0.717) is 35.4 Å². The fraction of sp³-hybridized carbons (Fsp3) is 0.130. The van der Waals surface area contributed by atoms with Gasteiger partial charge in [-0.2, -0.15) is 5.10 Å². The van der Waals surface area contributed by atoms with Gasteiger partial charge in [0.05, 0.1) is 25.6 Å². The van der Waals surface area contributed by atoms with Crippen molar-refractivity contribution >= 4 is 17.5 Å². The number of nitrogens with one attached hydrogen (secondary N) is 1. The van der Waals surface area contributed by atoms with Crippen LogP contribution >= 0.6 is 11.6 Å². The Balaban J connectivity index is 1.44. The van der Waals surface area contributed by atoms with Crippen molar-refractivity contribution in [3.05, 3.63) is 83.7 Å². The van der Waals surface area contributed by atoms with Crippen molar-refractivity contribution in [2.24, 2.45) is 0 Å². The van der Waals surface area contributed by atoms with E-state index in [0.717, 1.165) is 11.4 Å². The van der Waals surface area contributed by atoms with E-state index in [2.05, 4.69) is 10.4 Å². The molecule has 0 aliphatic heterocycles. The molecule has 0 atom stereocenters. The molecule has 8 heteroatoms. The Morgan fingerprint density at radius 1 is 1.10 bits per heavy atom. The summed E-state index contributed by atoms with van der Waals surface area (Å²) in [6.45, 7) is 0.649. The summed E-state index contributed by atoms with van der Waals surface area (Å²) in [5.74, 6) is 1.75. The van der Waals surface area contributed by atoms with E-state index >= 15 is 0 Å². The number of furan rings is 1. The van der Waals surface area contributed by atoms with Crippen molar-refractivity contribution < 1.29 is 18.7 Å². The minimum atomic E-state index is -0.307. The third-order valence-electron chi connectivity index (χ3n) is 4.50. The molecular formula is C23H20ClN3O4. The summed E-state index contributed by atoms with van der Waals surface area (Å²) in [5.41, 5.74) is 1.69. The molecule has 0 fully saturated rings. The van der Waals surface area contributed by atoms with E-state index in [1.807, 2.05) is 42.5 Å². The van der Waals surface area contributed by atoms with Gasteiger partial charge in [0.15, 0.2) is 11.5 Å². The third-order valence-corrected chi connectivity index (χ3v) is 4.75. The highest BCUT2D eigenvalue weighted by Crippen LogP contribution is 2.25. The lowest BCUT2D eigenvalue weighted by atomic mass is 10.2. The SMILES string of the molecule is COc1ccc(OCCNC(=O)c2cc(-c3ccco3)n(-c3ccc(Cl)cc3)n2)cc1. The van der Waals surface area contributed by atoms with Gasteiger partial charge in [0.2, 0.25) is 0 Å². The average molecular weight is 438 g/mol. The van der Waals surface area contributed by atoms with Gasteiger partial charge in [0, 0.05) is 11.1 Å². The van der Waals surface area contributed by atoms with Gasteiger partial charge in [-0.3, -0.25) is 4.79 Å². The first-order valence-corrected chi connectivity index (χ1v) is 9.97. The molecule has 1 N–H and O–H groups in total. The fourth-order valence-electron chi connectivity index (χ4n) is 2.97. The van der Waals surface area contributed by atoms with E-state index in [9.17, 15) is 4.79 Å². The molecule has 4 rings (SSSR count). The molecule has 0 bridgehead atoms. The molecular weight excluding hydrogens is 418 g/mol. The maximum atomic E-state index is 12.6. The molecule has 0 spiro atoms. The zero-order chi connectivity index (χ0) is 21.6. The summed E-state index contributed by atoms with van der Waals surface area (Å²) in [6.07, 6.45) is 1.57. The van der Waals surface area contributed by atoms with Crippen LogP contribution in [0.5, 0.6) is 11.5 Å². The fourth-order valence-corrected chi connectivity index (χ4v) is 3.09. The summed E-state index contributed by atoms with van der Waals surface area (Å²) < 4.78 is 17.9. The summed E-state index contributed by atoms with van der Waals surface area (Å²) >= 11 is 5.99. The number of rotatable bonds is 8. The first-order valence-electron chi connectivity index (χ1n) is 9.59. The van der Waals surface area contributed by atoms with Crippen LogP contribution in [0, 0.1) is 0 Å². The molecule has 2 aromatic carbocycles. The van der Waals surface area contributed by atoms with Gasteiger partial charge in [0.1, 0.15) is 23.8 Å². The predicted molar refractivity (Wildman–Crippen MR) is 117 cm³/mol. The summed E-state index contributed by atoms with van der Waals surface area (Å²) in [5, 5.41) is 7.91. The van der Waals surface area contributed by atoms with Crippen LogP contribution in [-0.2, 0) is 0 Å². The topological polar surface area (TPSA) is 78.5 Å². The van der Waals surface area contributed by atoms with Crippen molar-refractivity contribution in [2.45, 2.75) is 0 Å². The van der Waals surface area contributed by atoms with Crippen LogP contribution in [0.4, 0.5) is 0 Å². The second kappa shape index (κ2) is 9.40. The second-order valence-corrected chi connectivity index (χ2v) is 7.00. The normalized spacial score (nSPS) is 10.6. The Labute approximate surface area is 184 Å². The van der Waals surface area contributed by atoms with Crippen LogP contribution in [0.3, 0.4) is 0 Å². The zero-order valence-electron chi connectivity index (χ0n) is 16.7. The monoisotopic (exact) mass is 437 g/mol. The molecule has 0 aliphatic rings. The Kier molecular flexibility index (Phi) is 6.24. The number of hydrogen-bond acceptors (Lipinski definition) is 5. The Morgan fingerprint density at radius 3 is 2.52 bits per heavy atom. The van der Waals surface area contributed by atoms with Gasteiger partial charge < -0.3 is 19.2 Å². The number of hydrogen-bond donors (Lipinski definition) is 1. The molecule has 0 radical (unpaired) electrons. The first kappa shape index (κ1) is 20.6. The Bertz CT molecular complexity index is 1140. The van der Waals surface area contributed by atoms with Crippen molar-refractivity contribution in [1.29, 1.82) is 0 Å². The lowest BCUT2D eigenvalue weighted by molar-refractivity contribution is 0.0941. The number of aromatic nitrogens is 2. The molecule has 0 saturated carbocycles. The maximum absolute atomic E-state index is 12.6. The zero-order valence-corrected chi connectivity index (χ0v) is 17.5. The van der Waals surface area contributed by atoms with Gasteiger partial charge in [0.25, 0.3) is 5.91 Å². The lowest BCUT2D eigenvalue weighted by Gasteiger charge is -2.07. The predicted octanol–water partition coefficient (Wildman–Crippen LogP) is 4.60. The van der Waals surface area contributed by atoms with Gasteiger partial charge in [-0.15, -0.1) is 0 Å². The minimum Gasteiger partial charge on any atom is -0.497 e. The smallest absolute Gasteiger partial charge is 0.271 e. The summed E-state index contributed by atoms with van der Waals surface area (Å²) in [6, 6.07) is 19.7. The number of amides is 1. The van der Waals surface area contributed by atoms with E-state index in [1.54, 1.807) is 42.3 Å². The van der Waals surface area contributed by atoms with E-state index < -0.39 is 0 Å². The largest absolute Gasteiger partial charge is 0.497 e. The number of ether oxygens (including phenoxy) is 2. The first-order chi connectivity index (χ1) is 15.1. The van der Waals surface area contributed by atoms with Gasteiger partial charge >= 0.3 is 0 Å². The maximum Gasteiger partial charge on any atom is 0.271 e. The number of methoxy groups -OCH3 is 1. The molecule has 7 nitrogen and oxygen atoms in total. The van der Waals surface area contributed by atoms with Crippen LogP contribution in [0.15, 0.2) is 77.4 Å². The van der Waals surface area contributed by atoms with Crippen LogP contribution < -0.4 is 14.8 Å². The van der Waals surface area contributed by atoms with Crippen molar-refractivity contribution in [3.8, 4) is 28.6 Å². The Morgan fingerprint density at radius 2 is 1.84 bits per heavy atom. The standard InChI is InChI=1S/C23H20ClN3O4/c1-29-18-8-10-19(11-9-18)30-14-12-25-23(28)20-15-21(22-3-2-13-31-22)27(26-20)17-6-4-16(24)5-7-17/h2-11,13,15H,12,14H2,1H3,(H,25,28). The molecule has 0 saturated heterocycles. The van der Waals surface area contributed by atoms with E-state index in [-0.39, 0.29) is 11.6 Å². The van der Waals surface area contributed by atoms with Crippen LogP contribution in [0.25, 0.3) is 17.1 Å². The number of nitrogens with zero attached hydrogens (tertiary/aromatic N) is 2. The van der Waals surface area contributed by atoms with Gasteiger partial charge in [-0.25, -0.2) is 4.68 Å². The molecule has 31 heavy (non-hydrogen) atoms. The highest BCUT2D eigenvalue weighted by Gasteiger charge is 2.18. The van der Waals surface area contributed by atoms with Gasteiger partial charge in [-0.05, 0) is 60.7 Å². The summed E-state index contributed by atoms with van der Waals surface area (Å²) in [7, 11) is 1.61. The Hall–Kier alpha value is -3.71. The van der Waals surface area contributed by atoms with E-state index in [1.165, 1.54) is 0 Å². The van der Waals surface area contributed by atoms with Crippen molar-refractivity contribution in [3.63, 3.8) is 0 Å². The molecule has 2 heterocycles. The van der Waals surface area contributed by atoms with Crippen LogP contribution in [0.1, 0.15) is 10.5 Å². The lowest BCUT2D eigenvalue weighted by Crippen LogP contribution is -2.28. The average Bonchev–Trinajstić information content (AvgIpc) is 3.47. The molecule has 1 amide bonds. The second-order valence-electron chi connectivity index (χ2n) is 6.56.